The molecule has 0 aliphatic rings. The molecule has 29 heavy (non-hydrogen) atoms. The molecule has 0 radical (unpaired) electrons. The number of nitrogens with one attached hydrogen (secondary N) is 1. The van der Waals surface area contributed by atoms with Crippen molar-refractivity contribution in [3.63, 3.8) is 0 Å². The van der Waals surface area contributed by atoms with Crippen LogP contribution in [0.15, 0.2) is 60.2 Å². The molecule has 8 heteroatoms. The summed E-state index contributed by atoms with van der Waals surface area (Å²) in [6.45, 7) is 1.34. The van der Waals surface area contributed by atoms with Crippen molar-refractivity contribution >= 4 is 57.1 Å². The van der Waals surface area contributed by atoms with Gasteiger partial charge in [-0.15, -0.1) is 11.3 Å². The predicted octanol–water partition coefficient (Wildman–Crippen LogP) is 5.24. The van der Waals surface area contributed by atoms with E-state index in [4.69, 9.17) is 16.3 Å². The van der Waals surface area contributed by atoms with Crippen molar-refractivity contribution < 1.29 is 14.3 Å². The minimum atomic E-state index is -0.409. The van der Waals surface area contributed by atoms with Gasteiger partial charge in [0.2, 0.25) is 5.78 Å². The number of halogens is 1. The standard InChI is InChI=1S/C21H14ClN3O3S/c1-12(26)28-14-5-7-18-16(10-14)21(24-11-23-18)25-13-4-6-15(17(22)9-13)20(27)19-3-2-8-29-19/h2-11H,1H3,(H,23,24,25). The number of carbonyl (C=O) groups excluding carboxylic acids is 2. The third-order valence-electron chi connectivity index (χ3n) is 4.09. The molecule has 1 N–H and O–H groups in total. The first-order valence-electron chi connectivity index (χ1n) is 8.59. The SMILES string of the molecule is CC(=O)Oc1ccc2ncnc(Nc3ccc(C(=O)c4cccs4)c(Cl)c3)c2c1. The first-order valence-corrected chi connectivity index (χ1v) is 9.85. The van der Waals surface area contributed by atoms with Gasteiger partial charge in [-0.25, -0.2) is 9.97 Å². The van der Waals surface area contributed by atoms with E-state index in [1.807, 2.05) is 11.4 Å². The van der Waals surface area contributed by atoms with Crippen LogP contribution in [0.2, 0.25) is 5.02 Å². The Labute approximate surface area is 175 Å². The Morgan fingerprint density at radius 1 is 1.10 bits per heavy atom. The number of hydrogen-bond donors (Lipinski definition) is 1. The molecule has 6 nitrogen and oxygen atoms in total. The van der Waals surface area contributed by atoms with E-state index in [2.05, 4.69) is 15.3 Å². The molecule has 4 rings (SSSR count). The van der Waals surface area contributed by atoms with Gasteiger partial charge >= 0.3 is 5.97 Å². The van der Waals surface area contributed by atoms with E-state index in [1.165, 1.54) is 24.6 Å². The number of thiophene rings is 1. The molecule has 0 unspecified atom stereocenters. The molecule has 0 aliphatic carbocycles. The van der Waals surface area contributed by atoms with Gasteiger partial charge < -0.3 is 10.1 Å². The zero-order chi connectivity index (χ0) is 20.4. The number of esters is 1. The number of aromatic nitrogens is 2. The highest BCUT2D eigenvalue weighted by Gasteiger charge is 2.15. The fourth-order valence-corrected chi connectivity index (χ4v) is 3.76. The molecular formula is C21H14ClN3O3S. The van der Waals surface area contributed by atoms with Crippen molar-refractivity contribution in [2.45, 2.75) is 6.92 Å². The maximum absolute atomic E-state index is 12.5. The molecule has 0 bridgehead atoms. The molecule has 2 heterocycles. The largest absolute Gasteiger partial charge is 0.427 e. The summed E-state index contributed by atoms with van der Waals surface area (Å²) in [5, 5.41) is 6.05. The van der Waals surface area contributed by atoms with E-state index in [0.29, 0.717) is 43.6 Å². The number of benzene rings is 2. The van der Waals surface area contributed by atoms with Crippen molar-refractivity contribution in [2.75, 3.05) is 5.32 Å². The molecule has 2 aromatic carbocycles. The zero-order valence-electron chi connectivity index (χ0n) is 15.2. The third kappa shape index (κ3) is 4.11. The molecule has 0 atom stereocenters. The highest BCUT2D eigenvalue weighted by atomic mass is 35.5. The Morgan fingerprint density at radius 3 is 2.69 bits per heavy atom. The molecule has 4 aromatic rings. The number of ether oxygens (including phenoxy) is 1. The Kier molecular flexibility index (Phi) is 5.24. The Hall–Kier alpha value is -3.29. The van der Waals surface area contributed by atoms with E-state index in [1.54, 1.807) is 42.5 Å². The molecule has 0 saturated heterocycles. The van der Waals surface area contributed by atoms with Crippen LogP contribution in [-0.4, -0.2) is 21.7 Å². The highest BCUT2D eigenvalue weighted by molar-refractivity contribution is 7.12. The van der Waals surface area contributed by atoms with Crippen LogP contribution in [0, 0.1) is 0 Å². The lowest BCUT2D eigenvalue weighted by atomic mass is 10.1. The Balaban J connectivity index is 1.65. The number of hydrogen-bond acceptors (Lipinski definition) is 7. The Bertz CT molecular complexity index is 1230. The van der Waals surface area contributed by atoms with E-state index in [-0.39, 0.29) is 5.78 Å². The molecule has 0 amide bonds. The van der Waals surface area contributed by atoms with Crippen LogP contribution in [0.25, 0.3) is 10.9 Å². The van der Waals surface area contributed by atoms with Gasteiger partial charge in [-0.2, -0.15) is 0 Å². The summed E-state index contributed by atoms with van der Waals surface area (Å²) < 4.78 is 5.14. The maximum atomic E-state index is 12.5. The number of nitrogens with zero attached hydrogens (tertiary/aromatic N) is 2. The van der Waals surface area contributed by atoms with Gasteiger partial charge in [-0.3, -0.25) is 9.59 Å². The fraction of sp³-hybridized carbons (Fsp3) is 0.0476. The van der Waals surface area contributed by atoms with Gasteiger partial charge in [-0.05, 0) is 47.8 Å². The van der Waals surface area contributed by atoms with Gasteiger partial charge in [-0.1, -0.05) is 17.7 Å². The first-order chi connectivity index (χ1) is 14.0. The lowest BCUT2D eigenvalue weighted by molar-refractivity contribution is -0.131. The smallest absolute Gasteiger partial charge is 0.308 e. The maximum Gasteiger partial charge on any atom is 0.308 e. The third-order valence-corrected chi connectivity index (χ3v) is 5.27. The summed E-state index contributed by atoms with van der Waals surface area (Å²) >= 11 is 7.73. The Morgan fingerprint density at radius 2 is 1.97 bits per heavy atom. The van der Waals surface area contributed by atoms with Crippen LogP contribution >= 0.6 is 22.9 Å². The first kappa shape index (κ1) is 19.0. The molecule has 144 valence electrons. The van der Waals surface area contributed by atoms with E-state index >= 15 is 0 Å². The second kappa shape index (κ2) is 7.98. The van der Waals surface area contributed by atoms with Crippen LogP contribution in [0.3, 0.4) is 0 Å². The monoisotopic (exact) mass is 423 g/mol. The normalized spacial score (nSPS) is 10.7. The average Bonchev–Trinajstić information content (AvgIpc) is 3.22. The predicted molar refractivity (Wildman–Crippen MR) is 113 cm³/mol. The van der Waals surface area contributed by atoms with E-state index in [0.717, 1.165) is 0 Å². The van der Waals surface area contributed by atoms with Crippen molar-refractivity contribution in [3.05, 3.63) is 75.7 Å². The quantitative estimate of drug-likeness (QED) is 0.268. The minimum Gasteiger partial charge on any atom is -0.427 e. The average molecular weight is 424 g/mol. The summed E-state index contributed by atoms with van der Waals surface area (Å²) in [5.41, 5.74) is 1.79. The van der Waals surface area contributed by atoms with Crippen LogP contribution in [-0.2, 0) is 4.79 Å². The van der Waals surface area contributed by atoms with E-state index in [9.17, 15) is 9.59 Å². The molecular weight excluding hydrogens is 410 g/mol. The molecule has 0 spiro atoms. The topological polar surface area (TPSA) is 81.2 Å². The summed E-state index contributed by atoms with van der Waals surface area (Å²) in [5.74, 6) is 0.402. The van der Waals surface area contributed by atoms with Gasteiger partial charge in [0.15, 0.2) is 0 Å². The van der Waals surface area contributed by atoms with Crippen LogP contribution in [0.1, 0.15) is 22.2 Å². The number of ketones is 1. The molecule has 0 saturated carbocycles. The van der Waals surface area contributed by atoms with Crippen LogP contribution in [0.4, 0.5) is 11.5 Å². The molecule has 2 aromatic heterocycles. The van der Waals surface area contributed by atoms with Gasteiger partial charge in [0.05, 0.1) is 15.4 Å². The second-order valence-corrected chi connectivity index (χ2v) is 7.48. The van der Waals surface area contributed by atoms with Crippen molar-refractivity contribution in [2.24, 2.45) is 0 Å². The number of fused-ring (bicyclic) bond motifs is 1. The molecule has 0 aliphatic heterocycles. The van der Waals surface area contributed by atoms with E-state index < -0.39 is 5.97 Å². The van der Waals surface area contributed by atoms with Crippen molar-refractivity contribution in [3.8, 4) is 5.75 Å². The molecule has 0 fully saturated rings. The van der Waals surface area contributed by atoms with Gasteiger partial charge in [0, 0.05) is 23.6 Å². The lowest BCUT2D eigenvalue weighted by Crippen LogP contribution is -2.02. The summed E-state index contributed by atoms with van der Waals surface area (Å²) in [4.78, 5) is 32.9. The van der Waals surface area contributed by atoms with Crippen LogP contribution < -0.4 is 10.1 Å². The second-order valence-electron chi connectivity index (χ2n) is 6.12. The van der Waals surface area contributed by atoms with Gasteiger partial charge in [0.25, 0.3) is 0 Å². The minimum absolute atomic E-state index is 0.116. The number of anilines is 2. The van der Waals surface area contributed by atoms with Crippen molar-refractivity contribution in [1.82, 2.24) is 9.97 Å². The van der Waals surface area contributed by atoms with Crippen molar-refractivity contribution in [1.29, 1.82) is 0 Å². The van der Waals surface area contributed by atoms with Crippen LogP contribution in [0.5, 0.6) is 5.75 Å². The summed E-state index contributed by atoms with van der Waals surface area (Å²) in [6.07, 6.45) is 1.44. The summed E-state index contributed by atoms with van der Waals surface area (Å²) in [7, 11) is 0. The number of carbonyl (C=O) groups is 2. The lowest BCUT2D eigenvalue weighted by Gasteiger charge is -2.11. The number of rotatable bonds is 5. The highest BCUT2D eigenvalue weighted by Crippen LogP contribution is 2.30. The fourth-order valence-electron chi connectivity index (χ4n) is 2.82. The summed E-state index contributed by atoms with van der Waals surface area (Å²) in [6, 6.07) is 13.8. The zero-order valence-corrected chi connectivity index (χ0v) is 16.8. The van der Waals surface area contributed by atoms with Gasteiger partial charge in [0.1, 0.15) is 17.9 Å².